The standard InChI is InChI=1S/C17H19N3O3/c1-3-23-17(21)14-8-9-18-16-15(14)10-19-20(16)11-12-4-6-13(22-2)7-5-12/h4-10,15-16H,3,11H2,1-2H3. The topological polar surface area (TPSA) is 63.5 Å². The van der Waals surface area contributed by atoms with Gasteiger partial charge in [0.05, 0.1) is 31.8 Å². The van der Waals surface area contributed by atoms with Crippen LogP contribution in [0.3, 0.4) is 0 Å². The van der Waals surface area contributed by atoms with E-state index < -0.39 is 0 Å². The molecule has 1 aromatic rings. The van der Waals surface area contributed by atoms with Crippen molar-refractivity contribution in [2.45, 2.75) is 19.6 Å². The normalized spacial score (nSPS) is 21.8. The number of aliphatic imine (C=N–C) groups is 1. The highest BCUT2D eigenvalue weighted by Gasteiger charge is 2.37. The van der Waals surface area contributed by atoms with Crippen molar-refractivity contribution in [3.8, 4) is 5.75 Å². The fourth-order valence-corrected chi connectivity index (χ4v) is 2.69. The number of rotatable bonds is 5. The van der Waals surface area contributed by atoms with Gasteiger partial charge in [-0.3, -0.25) is 10.0 Å². The Kier molecular flexibility index (Phi) is 4.41. The van der Waals surface area contributed by atoms with Crippen LogP contribution in [0.15, 0.2) is 46.0 Å². The van der Waals surface area contributed by atoms with Gasteiger partial charge in [-0.25, -0.2) is 4.79 Å². The molecule has 2 unspecified atom stereocenters. The molecular weight excluding hydrogens is 294 g/mol. The van der Waals surface area contributed by atoms with E-state index in [-0.39, 0.29) is 18.1 Å². The Morgan fingerprint density at radius 3 is 2.78 bits per heavy atom. The summed E-state index contributed by atoms with van der Waals surface area (Å²) in [5, 5.41) is 6.31. The molecule has 0 radical (unpaired) electrons. The Bertz CT molecular complexity index is 664. The van der Waals surface area contributed by atoms with Crippen LogP contribution in [-0.4, -0.2) is 43.3 Å². The van der Waals surface area contributed by atoms with E-state index in [4.69, 9.17) is 9.47 Å². The lowest BCUT2D eigenvalue weighted by Crippen LogP contribution is -2.35. The second-order valence-corrected chi connectivity index (χ2v) is 5.29. The highest BCUT2D eigenvalue weighted by Crippen LogP contribution is 2.29. The molecule has 0 amide bonds. The number of esters is 1. The molecule has 1 aromatic carbocycles. The number of carbonyl (C=O) groups excluding carboxylic acids is 1. The van der Waals surface area contributed by atoms with Gasteiger partial charge in [0, 0.05) is 12.4 Å². The number of nitrogens with zero attached hydrogens (tertiary/aromatic N) is 3. The van der Waals surface area contributed by atoms with Gasteiger partial charge in [-0.1, -0.05) is 12.1 Å². The molecule has 0 fully saturated rings. The molecule has 2 aliphatic heterocycles. The van der Waals surface area contributed by atoms with Crippen LogP contribution < -0.4 is 4.74 Å². The largest absolute Gasteiger partial charge is 0.497 e. The molecule has 23 heavy (non-hydrogen) atoms. The van der Waals surface area contributed by atoms with Crippen molar-refractivity contribution in [3.63, 3.8) is 0 Å². The van der Waals surface area contributed by atoms with Gasteiger partial charge in [-0.2, -0.15) is 5.10 Å². The molecule has 6 heteroatoms. The number of carbonyl (C=O) groups is 1. The van der Waals surface area contributed by atoms with Crippen molar-refractivity contribution in [1.29, 1.82) is 0 Å². The van der Waals surface area contributed by atoms with Gasteiger partial charge in [0.25, 0.3) is 0 Å². The first kappa shape index (κ1) is 15.3. The third-order valence-corrected chi connectivity index (χ3v) is 3.87. The maximum atomic E-state index is 12.0. The maximum absolute atomic E-state index is 12.0. The zero-order valence-corrected chi connectivity index (χ0v) is 13.2. The lowest BCUT2D eigenvalue weighted by Gasteiger charge is -2.27. The first-order valence-corrected chi connectivity index (χ1v) is 7.57. The van der Waals surface area contributed by atoms with Crippen LogP contribution in [0.1, 0.15) is 12.5 Å². The molecule has 3 rings (SSSR count). The number of hydrazone groups is 1. The molecule has 0 aromatic heterocycles. The average molecular weight is 313 g/mol. The summed E-state index contributed by atoms with van der Waals surface area (Å²) in [7, 11) is 1.64. The molecule has 2 atom stereocenters. The zero-order chi connectivity index (χ0) is 16.2. The number of fused-ring (bicyclic) bond motifs is 1. The van der Waals surface area contributed by atoms with Crippen molar-refractivity contribution in [2.75, 3.05) is 13.7 Å². The summed E-state index contributed by atoms with van der Waals surface area (Å²) in [6, 6.07) is 7.83. The van der Waals surface area contributed by atoms with E-state index in [1.165, 1.54) is 0 Å². The number of ether oxygens (including phenoxy) is 2. The summed E-state index contributed by atoms with van der Waals surface area (Å²) >= 11 is 0. The number of dihydropyridines is 1. The number of benzene rings is 1. The fraction of sp³-hybridized carbons (Fsp3) is 0.353. The van der Waals surface area contributed by atoms with Crippen molar-refractivity contribution in [1.82, 2.24) is 5.01 Å². The molecule has 2 aliphatic rings. The lowest BCUT2D eigenvalue weighted by atomic mass is 9.95. The third kappa shape index (κ3) is 3.11. The Balaban J connectivity index is 1.71. The number of hydrogen-bond acceptors (Lipinski definition) is 6. The highest BCUT2D eigenvalue weighted by atomic mass is 16.5. The summed E-state index contributed by atoms with van der Waals surface area (Å²) in [5.41, 5.74) is 1.71. The molecule has 120 valence electrons. The summed E-state index contributed by atoms with van der Waals surface area (Å²) in [4.78, 5) is 16.5. The number of methoxy groups -OCH3 is 1. The predicted octanol–water partition coefficient (Wildman–Crippen LogP) is 2.01. The SMILES string of the molecule is CCOC(=O)C1=CC=NC2C1C=NN2Cc1ccc(OC)cc1. The monoisotopic (exact) mass is 313 g/mol. The predicted molar refractivity (Wildman–Crippen MR) is 87.5 cm³/mol. The van der Waals surface area contributed by atoms with Crippen molar-refractivity contribution >= 4 is 18.4 Å². The first-order chi connectivity index (χ1) is 11.2. The average Bonchev–Trinajstić information content (AvgIpc) is 2.99. The minimum Gasteiger partial charge on any atom is -0.497 e. The Hall–Kier alpha value is -2.63. The maximum Gasteiger partial charge on any atom is 0.334 e. The number of hydrogen-bond donors (Lipinski definition) is 0. The van der Waals surface area contributed by atoms with Crippen LogP contribution in [0.5, 0.6) is 5.75 Å². The van der Waals surface area contributed by atoms with Crippen LogP contribution >= 0.6 is 0 Å². The molecule has 0 saturated carbocycles. The van der Waals surface area contributed by atoms with Crippen molar-refractivity contribution in [3.05, 3.63) is 41.5 Å². The molecule has 0 saturated heterocycles. The fourth-order valence-electron chi connectivity index (χ4n) is 2.69. The van der Waals surface area contributed by atoms with E-state index in [9.17, 15) is 4.79 Å². The smallest absolute Gasteiger partial charge is 0.334 e. The van der Waals surface area contributed by atoms with E-state index in [0.717, 1.165) is 11.3 Å². The van der Waals surface area contributed by atoms with Crippen molar-refractivity contribution in [2.24, 2.45) is 16.0 Å². The highest BCUT2D eigenvalue weighted by molar-refractivity contribution is 5.99. The summed E-state index contributed by atoms with van der Waals surface area (Å²) < 4.78 is 10.3. The van der Waals surface area contributed by atoms with E-state index in [1.54, 1.807) is 32.5 Å². The first-order valence-electron chi connectivity index (χ1n) is 7.57. The Morgan fingerprint density at radius 2 is 2.09 bits per heavy atom. The minimum atomic E-state index is -0.300. The van der Waals surface area contributed by atoms with Gasteiger partial charge >= 0.3 is 5.97 Å². The van der Waals surface area contributed by atoms with Gasteiger partial charge in [0.2, 0.25) is 0 Å². The Morgan fingerprint density at radius 1 is 1.30 bits per heavy atom. The van der Waals surface area contributed by atoms with Crippen LogP contribution in [-0.2, 0) is 16.1 Å². The van der Waals surface area contributed by atoms with E-state index in [2.05, 4.69) is 10.1 Å². The van der Waals surface area contributed by atoms with E-state index in [1.807, 2.05) is 29.3 Å². The second-order valence-electron chi connectivity index (χ2n) is 5.29. The zero-order valence-electron chi connectivity index (χ0n) is 13.2. The lowest BCUT2D eigenvalue weighted by molar-refractivity contribution is -0.139. The number of allylic oxidation sites excluding steroid dienone is 1. The van der Waals surface area contributed by atoms with E-state index >= 15 is 0 Å². The van der Waals surface area contributed by atoms with Crippen LogP contribution in [0.2, 0.25) is 0 Å². The summed E-state index contributed by atoms with van der Waals surface area (Å²) in [5.74, 6) is 0.364. The van der Waals surface area contributed by atoms with Gasteiger partial charge in [-0.05, 0) is 30.7 Å². The molecule has 0 aliphatic carbocycles. The molecule has 0 N–H and O–H groups in total. The van der Waals surface area contributed by atoms with Gasteiger partial charge in [0.1, 0.15) is 11.9 Å². The van der Waals surface area contributed by atoms with Gasteiger partial charge in [-0.15, -0.1) is 0 Å². The van der Waals surface area contributed by atoms with Crippen LogP contribution in [0, 0.1) is 5.92 Å². The molecule has 0 spiro atoms. The van der Waals surface area contributed by atoms with Crippen LogP contribution in [0.4, 0.5) is 0 Å². The summed E-state index contributed by atoms with van der Waals surface area (Å²) in [6.07, 6.45) is 4.94. The van der Waals surface area contributed by atoms with Crippen LogP contribution in [0.25, 0.3) is 0 Å². The van der Waals surface area contributed by atoms with Gasteiger partial charge < -0.3 is 9.47 Å². The quantitative estimate of drug-likeness (QED) is 0.780. The molecule has 6 nitrogen and oxygen atoms in total. The third-order valence-electron chi connectivity index (χ3n) is 3.87. The second kappa shape index (κ2) is 6.64. The minimum absolute atomic E-state index is 0.155. The van der Waals surface area contributed by atoms with Gasteiger partial charge in [0.15, 0.2) is 0 Å². The van der Waals surface area contributed by atoms with E-state index in [0.29, 0.717) is 18.7 Å². The Labute approximate surface area is 135 Å². The molecule has 2 heterocycles. The van der Waals surface area contributed by atoms with Crippen molar-refractivity contribution < 1.29 is 14.3 Å². The summed E-state index contributed by atoms with van der Waals surface area (Å²) in [6.45, 7) is 2.78. The molecule has 0 bridgehead atoms. The molecular formula is C17H19N3O3.